The van der Waals surface area contributed by atoms with E-state index in [1.54, 1.807) is 33.1 Å². The summed E-state index contributed by atoms with van der Waals surface area (Å²) in [5, 5.41) is 15.7. The Morgan fingerprint density at radius 2 is 2.00 bits per heavy atom. The molecule has 0 spiro atoms. The van der Waals surface area contributed by atoms with Crippen molar-refractivity contribution in [3.63, 3.8) is 0 Å². The molecule has 0 aromatic carbocycles. The molecule has 21 heavy (non-hydrogen) atoms. The van der Waals surface area contributed by atoms with E-state index in [2.05, 4.69) is 15.6 Å². The van der Waals surface area contributed by atoms with Crippen LogP contribution in [-0.4, -0.2) is 33.9 Å². The van der Waals surface area contributed by atoms with Gasteiger partial charge in [0, 0.05) is 10.8 Å². The van der Waals surface area contributed by atoms with E-state index in [9.17, 15) is 14.4 Å². The molecule has 0 bridgehead atoms. The van der Waals surface area contributed by atoms with Crippen LogP contribution in [0.3, 0.4) is 0 Å². The first-order valence-corrected chi connectivity index (χ1v) is 7.25. The number of carboxylic acids is 1. The molecule has 116 valence electrons. The van der Waals surface area contributed by atoms with Gasteiger partial charge in [-0.2, -0.15) is 0 Å². The third-order valence-corrected chi connectivity index (χ3v) is 3.34. The van der Waals surface area contributed by atoms with Crippen LogP contribution >= 0.6 is 11.3 Å². The zero-order valence-electron chi connectivity index (χ0n) is 12.4. The highest BCUT2D eigenvalue weighted by Gasteiger charge is 2.25. The number of aliphatic carboxylic acids is 1. The maximum atomic E-state index is 11.9. The molecule has 8 heteroatoms. The summed E-state index contributed by atoms with van der Waals surface area (Å²) < 4.78 is 0. The second-order valence-corrected chi connectivity index (χ2v) is 6.51. The van der Waals surface area contributed by atoms with Crippen molar-refractivity contribution in [2.24, 2.45) is 5.41 Å². The van der Waals surface area contributed by atoms with Gasteiger partial charge in [-0.1, -0.05) is 20.8 Å². The molecule has 7 nitrogen and oxygen atoms in total. The van der Waals surface area contributed by atoms with E-state index in [4.69, 9.17) is 5.11 Å². The van der Waals surface area contributed by atoms with Crippen LogP contribution < -0.4 is 10.6 Å². The molecule has 1 rings (SSSR count). The number of carbonyl (C=O) groups excluding carboxylic acids is 2. The Morgan fingerprint density at radius 3 is 2.52 bits per heavy atom. The summed E-state index contributed by atoms with van der Waals surface area (Å²) in [6.07, 6.45) is -0.192. The van der Waals surface area contributed by atoms with Crippen LogP contribution in [0.1, 0.15) is 33.4 Å². The van der Waals surface area contributed by atoms with E-state index in [-0.39, 0.29) is 12.3 Å². The lowest BCUT2D eigenvalue weighted by molar-refractivity contribution is -0.136. The number of carboxylic acid groups (broad SMARTS) is 1. The topological polar surface area (TPSA) is 108 Å². The molecular weight excluding hydrogens is 294 g/mol. The van der Waals surface area contributed by atoms with E-state index in [0.29, 0.717) is 10.8 Å². The number of carbonyl (C=O) groups is 3. The second-order valence-electron chi connectivity index (χ2n) is 5.65. The molecule has 0 saturated carbocycles. The molecule has 2 amide bonds. The van der Waals surface area contributed by atoms with Crippen LogP contribution in [0.15, 0.2) is 5.38 Å². The highest BCUT2D eigenvalue weighted by Crippen LogP contribution is 2.16. The number of rotatable bonds is 5. The fourth-order valence-electron chi connectivity index (χ4n) is 1.29. The minimum atomic E-state index is -0.982. The molecule has 0 fully saturated rings. The Labute approximate surface area is 126 Å². The van der Waals surface area contributed by atoms with Crippen molar-refractivity contribution in [3.8, 4) is 0 Å². The zero-order valence-corrected chi connectivity index (χ0v) is 13.2. The molecule has 0 radical (unpaired) electrons. The van der Waals surface area contributed by atoms with Gasteiger partial charge in [0.2, 0.25) is 11.8 Å². The third kappa shape index (κ3) is 5.50. The molecule has 1 unspecified atom stereocenters. The Bertz CT molecular complexity index is 548. The quantitative estimate of drug-likeness (QED) is 0.758. The van der Waals surface area contributed by atoms with Gasteiger partial charge in [0.25, 0.3) is 0 Å². The predicted octanol–water partition coefficient (Wildman–Crippen LogP) is 1.26. The molecule has 0 aliphatic rings. The van der Waals surface area contributed by atoms with Gasteiger partial charge in [-0.15, -0.1) is 11.3 Å². The maximum Gasteiger partial charge on any atom is 0.309 e. The van der Waals surface area contributed by atoms with Crippen molar-refractivity contribution in [2.45, 2.75) is 40.2 Å². The Balaban J connectivity index is 2.58. The number of aromatic nitrogens is 1. The van der Waals surface area contributed by atoms with Crippen LogP contribution in [0.5, 0.6) is 0 Å². The lowest BCUT2D eigenvalue weighted by atomic mass is 9.95. The van der Waals surface area contributed by atoms with Crippen molar-refractivity contribution in [1.82, 2.24) is 10.3 Å². The van der Waals surface area contributed by atoms with Crippen molar-refractivity contribution in [1.29, 1.82) is 0 Å². The highest BCUT2D eigenvalue weighted by atomic mass is 32.1. The average molecular weight is 313 g/mol. The highest BCUT2D eigenvalue weighted by molar-refractivity contribution is 7.13. The summed E-state index contributed by atoms with van der Waals surface area (Å²) in [7, 11) is 0. The minimum Gasteiger partial charge on any atom is -0.481 e. The summed E-state index contributed by atoms with van der Waals surface area (Å²) in [5.74, 6) is -1.61. The molecule has 0 aliphatic carbocycles. The van der Waals surface area contributed by atoms with Gasteiger partial charge in [-0.05, 0) is 6.92 Å². The summed E-state index contributed by atoms with van der Waals surface area (Å²) in [6, 6.07) is -0.705. The summed E-state index contributed by atoms with van der Waals surface area (Å²) in [6.45, 7) is 6.84. The number of thiazole rings is 1. The van der Waals surface area contributed by atoms with Crippen molar-refractivity contribution < 1.29 is 19.5 Å². The monoisotopic (exact) mass is 313 g/mol. The van der Waals surface area contributed by atoms with Gasteiger partial charge in [0.05, 0.1) is 12.1 Å². The lowest BCUT2D eigenvalue weighted by Crippen LogP contribution is -2.46. The first-order valence-electron chi connectivity index (χ1n) is 6.37. The van der Waals surface area contributed by atoms with E-state index in [1.165, 1.54) is 0 Å². The van der Waals surface area contributed by atoms with Gasteiger partial charge in [-0.25, -0.2) is 4.98 Å². The largest absolute Gasteiger partial charge is 0.481 e. The molecule has 1 aromatic heterocycles. The Hall–Kier alpha value is -1.96. The first-order chi connectivity index (χ1) is 9.59. The molecule has 3 N–H and O–H groups in total. The van der Waals surface area contributed by atoms with Crippen LogP contribution in [0, 0.1) is 5.41 Å². The molecule has 1 heterocycles. The lowest BCUT2D eigenvalue weighted by Gasteiger charge is -2.21. The van der Waals surface area contributed by atoms with Gasteiger partial charge < -0.3 is 15.7 Å². The van der Waals surface area contributed by atoms with E-state index in [0.717, 1.165) is 11.3 Å². The number of anilines is 1. The van der Waals surface area contributed by atoms with Crippen LogP contribution in [0.25, 0.3) is 0 Å². The molecular formula is C13H19N3O4S. The van der Waals surface area contributed by atoms with Crippen LogP contribution in [0.4, 0.5) is 5.13 Å². The van der Waals surface area contributed by atoms with E-state index >= 15 is 0 Å². The van der Waals surface area contributed by atoms with E-state index < -0.39 is 23.3 Å². The summed E-state index contributed by atoms with van der Waals surface area (Å²) >= 11 is 1.14. The smallest absolute Gasteiger partial charge is 0.309 e. The van der Waals surface area contributed by atoms with Gasteiger partial charge >= 0.3 is 5.97 Å². The third-order valence-electron chi connectivity index (χ3n) is 2.54. The Morgan fingerprint density at radius 1 is 1.38 bits per heavy atom. The molecule has 1 atom stereocenters. The van der Waals surface area contributed by atoms with Crippen molar-refractivity contribution in [3.05, 3.63) is 11.1 Å². The predicted molar refractivity (Wildman–Crippen MR) is 79.1 cm³/mol. The minimum absolute atomic E-state index is 0.192. The fraction of sp³-hybridized carbons (Fsp3) is 0.538. The number of nitrogens with one attached hydrogen (secondary N) is 2. The average Bonchev–Trinajstić information content (AvgIpc) is 2.73. The van der Waals surface area contributed by atoms with Crippen molar-refractivity contribution >= 4 is 34.3 Å². The number of hydrogen-bond donors (Lipinski definition) is 3. The van der Waals surface area contributed by atoms with Gasteiger partial charge in [0.15, 0.2) is 5.13 Å². The standard InChI is InChI=1S/C13H19N3O4S/c1-7(14-11(20)13(2,3)4)10(19)16-12-15-8(6-21-12)5-9(17)18/h6-7H,5H2,1-4H3,(H,14,20)(H,17,18)(H,15,16,19). The van der Waals surface area contributed by atoms with Crippen LogP contribution in [-0.2, 0) is 20.8 Å². The summed E-state index contributed by atoms with van der Waals surface area (Å²) in [5.41, 5.74) is -0.195. The Kier molecular flexibility index (Phi) is 5.42. The SMILES string of the molecule is CC(NC(=O)C(C)(C)C)C(=O)Nc1nc(CC(=O)O)cs1. The van der Waals surface area contributed by atoms with E-state index in [1.807, 2.05) is 0 Å². The van der Waals surface area contributed by atoms with Gasteiger partial charge in [-0.3, -0.25) is 14.4 Å². The molecule has 0 saturated heterocycles. The first kappa shape index (κ1) is 17.1. The molecule has 1 aromatic rings. The number of hydrogen-bond acceptors (Lipinski definition) is 5. The second kappa shape index (κ2) is 6.66. The fourth-order valence-corrected chi connectivity index (χ4v) is 2.01. The maximum absolute atomic E-state index is 11.9. The van der Waals surface area contributed by atoms with Crippen LogP contribution in [0.2, 0.25) is 0 Å². The summed E-state index contributed by atoms with van der Waals surface area (Å²) in [4.78, 5) is 38.3. The normalized spacial score (nSPS) is 12.6. The zero-order chi connectivity index (χ0) is 16.2. The number of amides is 2. The van der Waals surface area contributed by atoms with Crippen molar-refractivity contribution in [2.75, 3.05) is 5.32 Å². The molecule has 0 aliphatic heterocycles. The van der Waals surface area contributed by atoms with Gasteiger partial charge in [0.1, 0.15) is 6.04 Å². The number of nitrogens with zero attached hydrogens (tertiary/aromatic N) is 1.